The molecule has 1 unspecified atom stereocenters. The van der Waals surface area contributed by atoms with E-state index in [2.05, 4.69) is 81.7 Å². The average Bonchev–Trinajstić information content (AvgIpc) is 2.85. The maximum atomic E-state index is 3.72. The third-order valence-corrected chi connectivity index (χ3v) is 12.0. The topological polar surface area (TPSA) is 0 Å². The molecule has 0 heterocycles. The number of rotatable bonds is 2. The van der Waals surface area contributed by atoms with Crippen LogP contribution in [0.5, 0.6) is 0 Å². The van der Waals surface area contributed by atoms with Crippen LogP contribution in [-0.4, -0.2) is 0 Å². The first-order valence-electron chi connectivity index (χ1n) is 7.88. The van der Waals surface area contributed by atoms with Crippen molar-refractivity contribution in [3.63, 3.8) is 0 Å². The van der Waals surface area contributed by atoms with Gasteiger partial charge in [0, 0.05) is 0 Å². The van der Waals surface area contributed by atoms with Gasteiger partial charge in [-0.2, -0.15) is 0 Å². The molecule has 2 aliphatic carbocycles. The van der Waals surface area contributed by atoms with Crippen molar-refractivity contribution >= 4 is 22.0 Å². The van der Waals surface area contributed by atoms with E-state index in [1.54, 1.807) is 25.6 Å². The number of fused-ring (bicyclic) bond motifs is 1. The molecule has 2 heteroatoms. The van der Waals surface area contributed by atoms with E-state index < -0.39 is 23.2 Å². The molecule has 0 saturated carbocycles. The Kier molecular flexibility index (Phi) is 4.32. The Morgan fingerprint density at radius 1 is 1.09 bits per heavy atom. The molecule has 0 saturated heterocycles. The van der Waals surface area contributed by atoms with Gasteiger partial charge in [0.1, 0.15) is 0 Å². The Labute approximate surface area is 157 Å². The van der Waals surface area contributed by atoms with Gasteiger partial charge in [0.2, 0.25) is 0 Å². The first kappa shape index (κ1) is 16.7. The molecule has 0 N–H and O–H groups in total. The molecule has 1 aromatic carbocycles. The van der Waals surface area contributed by atoms with Crippen molar-refractivity contribution in [3.05, 3.63) is 59.4 Å². The van der Waals surface area contributed by atoms with E-state index in [-0.39, 0.29) is 8.27 Å². The normalized spacial score (nSPS) is 22.9. The fraction of sp³-hybridized carbons (Fsp3) is 0.400. The fourth-order valence-corrected chi connectivity index (χ4v) is 9.04. The number of hydrogen-bond acceptors (Lipinski definition) is 0. The third kappa shape index (κ3) is 2.42. The summed E-state index contributed by atoms with van der Waals surface area (Å²) in [5.74, 6) is 0. The minimum Gasteiger partial charge on any atom is -1.00 e. The van der Waals surface area contributed by atoms with Crippen LogP contribution in [0.1, 0.15) is 59.1 Å². The van der Waals surface area contributed by atoms with Crippen LogP contribution in [0.2, 0.25) is 0 Å². The van der Waals surface area contributed by atoms with Crippen molar-refractivity contribution in [1.82, 2.24) is 0 Å². The van der Waals surface area contributed by atoms with Crippen LogP contribution in [0.3, 0.4) is 0 Å². The largest absolute Gasteiger partial charge is 1.00 e. The maximum absolute atomic E-state index is 3.72. The summed E-state index contributed by atoms with van der Waals surface area (Å²) in [6, 6.07) is 6.69. The average molecular weight is 437 g/mol. The summed E-state index contributed by atoms with van der Waals surface area (Å²) in [7, 11) is 0. The van der Waals surface area contributed by atoms with E-state index >= 15 is 0 Å². The van der Waals surface area contributed by atoms with Crippen LogP contribution < -0.4 is 0 Å². The van der Waals surface area contributed by atoms with E-state index in [0.29, 0.717) is 3.63 Å². The Hall–Kier alpha value is -0.197. The Morgan fingerprint density at radius 3 is 2.36 bits per heavy atom. The number of benzene rings is 1. The summed E-state index contributed by atoms with van der Waals surface area (Å²) in [6.45, 7) is 14.2. The molecule has 0 aromatic heterocycles. The second-order valence-electron chi connectivity index (χ2n) is 7.08. The van der Waals surface area contributed by atoms with Gasteiger partial charge in [-0.15, -0.1) is 0 Å². The minimum atomic E-state index is -0.713. The summed E-state index contributed by atoms with van der Waals surface area (Å²) in [6.07, 6.45) is 2.40. The van der Waals surface area contributed by atoms with E-state index in [4.69, 9.17) is 0 Å². The van der Waals surface area contributed by atoms with Crippen LogP contribution in [0, 0.1) is 5.41 Å². The van der Waals surface area contributed by atoms with Gasteiger partial charge < -0.3 is 2.85 Å². The Balaban J connectivity index is 0.00000144. The van der Waals surface area contributed by atoms with Crippen molar-refractivity contribution in [2.75, 3.05) is 0 Å². The van der Waals surface area contributed by atoms with E-state index in [0.717, 1.165) is 0 Å². The first-order chi connectivity index (χ1) is 10.2. The van der Waals surface area contributed by atoms with Gasteiger partial charge >= 0.3 is 155 Å². The van der Waals surface area contributed by atoms with E-state index in [1.807, 2.05) is 0 Å². The molecule has 0 bridgehead atoms. The summed E-state index contributed by atoms with van der Waals surface area (Å²) in [4.78, 5) is 0. The Morgan fingerprint density at radius 2 is 1.77 bits per heavy atom. The molecule has 22 heavy (non-hydrogen) atoms. The van der Waals surface area contributed by atoms with Gasteiger partial charge in [0.15, 0.2) is 0 Å². The maximum Gasteiger partial charge on any atom is -1.00 e. The monoisotopic (exact) mass is 434 g/mol. The van der Waals surface area contributed by atoms with Crippen molar-refractivity contribution < 1.29 is 26.1 Å². The SMILES string of the molecule is CC1=Cc2c(Br)cccc2[CH]1[Zr+2][C]1=C(C)C(C)=C(C)C1(C)C.[H-].[H-]. The van der Waals surface area contributed by atoms with Gasteiger partial charge in [-0.05, 0) is 0 Å². The predicted octanol–water partition coefficient (Wildman–Crippen LogP) is 6.86. The number of hydrogen-bond donors (Lipinski definition) is 0. The van der Waals surface area contributed by atoms with Crippen molar-refractivity contribution in [2.24, 2.45) is 5.41 Å². The molecule has 0 amide bonds. The summed E-state index contributed by atoms with van der Waals surface area (Å²) < 4.78 is 3.73. The molecule has 3 rings (SSSR count). The third-order valence-electron chi connectivity index (χ3n) is 5.58. The smallest absolute Gasteiger partial charge is 1.00 e. The molecule has 0 spiro atoms. The second-order valence-corrected chi connectivity index (χ2v) is 11.3. The standard InChI is InChI=1S/C10H8Br.C10H15.Zr.2H/c1-7-5-8-3-2-4-10(11)9(8)6-7;1-7-6-10(4,5)9(3)8(7)2;;;/h2-6H,1H3;1-5H3;;;/q;;+2;2*-1. The Bertz CT molecular complexity index is 757. The second kappa shape index (κ2) is 5.71. The molecule has 1 atom stereocenters. The van der Waals surface area contributed by atoms with Crippen LogP contribution in [0.25, 0.3) is 6.08 Å². The zero-order valence-corrected chi connectivity index (χ0v) is 18.3. The van der Waals surface area contributed by atoms with Crippen LogP contribution >= 0.6 is 15.9 Å². The van der Waals surface area contributed by atoms with Crippen molar-refractivity contribution in [2.45, 2.75) is 45.2 Å². The quantitative estimate of drug-likeness (QED) is 0.475. The molecule has 0 radical (unpaired) electrons. The molecule has 0 aliphatic heterocycles. The van der Waals surface area contributed by atoms with Gasteiger partial charge in [0.25, 0.3) is 0 Å². The predicted molar refractivity (Wildman–Crippen MR) is 97.6 cm³/mol. The van der Waals surface area contributed by atoms with Gasteiger partial charge in [-0.1, -0.05) is 0 Å². The van der Waals surface area contributed by atoms with Crippen molar-refractivity contribution in [1.29, 1.82) is 0 Å². The van der Waals surface area contributed by atoms with Crippen LogP contribution in [0.15, 0.2) is 48.2 Å². The van der Waals surface area contributed by atoms with Gasteiger partial charge in [-0.3, -0.25) is 0 Å². The molecule has 0 fully saturated rings. The first-order valence-corrected chi connectivity index (χ1v) is 11.3. The zero-order chi connectivity index (χ0) is 16.2. The molecule has 2 aliphatic rings. The molecule has 116 valence electrons. The fourth-order valence-electron chi connectivity index (χ4n) is 3.73. The number of allylic oxidation sites excluding steroid dienone is 5. The summed E-state index contributed by atoms with van der Waals surface area (Å²) >= 11 is 3.01. The minimum absolute atomic E-state index is 0. The summed E-state index contributed by atoms with van der Waals surface area (Å²) in [5, 5.41) is 0. The van der Waals surface area contributed by atoms with Gasteiger partial charge in [0.05, 0.1) is 0 Å². The van der Waals surface area contributed by atoms with Crippen molar-refractivity contribution in [3.8, 4) is 0 Å². The summed E-state index contributed by atoms with van der Waals surface area (Å²) in [5.41, 5.74) is 9.51. The number of halogens is 1. The van der Waals surface area contributed by atoms with Crippen LogP contribution in [-0.2, 0) is 23.2 Å². The van der Waals surface area contributed by atoms with E-state index in [1.165, 1.54) is 15.6 Å². The van der Waals surface area contributed by atoms with E-state index in [9.17, 15) is 0 Å². The molecule has 1 aromatic rings. The van der Waals surface area contributed by atoms with Crippen LogP contribution in [0.4, 0.5) is 0 Å². The van der Waals surface area contributed by atoms with Gasteiger partial charge in [-0.25, -0.2) is 0 Å². The molecule has 0 nitrogen and oxygen atoms in total. The zero-order valence-electron chi connectivity index (χ0n) is 16.3. The molecular formula is C20H25BrZr. The molecular weight excluding hydrogens is 411 g/mol.